The number of nitrogens with zero attached hydrogens (tertiary/aromatic N) is 3. The number of amides is 1. The predicted molar refractivity (Wildman–Crippen MR) is 113 cm³/mol. The second kappa shape index (κ2) is 8.93. The highest BCUT2D eigenvalue weighted by Gasteiger charge is 2.21. The summed E-state index contributed by atoms with van der Waals surface area (Å²) in [6, 6.07) is 10.8. The molecule has 3 aromatic rings. The number of esters is 1. The van der Waals surface area contributed by atoms with Gasteiger partial charge in [0.1, 0.15) is 11.1 Å². The third kappa shape index (κ3) is 4.26. The highest BCUT2D eigenvalue weighted by molar-refractivity contribution is 7.16. The number of hydrogen-bond donors (Lipinski definition) is 1. The fraction of sp³-hybridized carbons (Fsp3) is 0.273. The van der Waals surface area contributed by atoms with Crippen LogP contribution in [0.4, 0.5) is 5.00 Å². The van der Waals surface area contributed by atoms with Crippen molar-refractivity contribution in [1.82, 2.24) is 9.78 Å². The van der Waals surface area contributed by atoms with E-state index < -0.39 is 18.5 Å². The Labute approximate surface area is 177 Å². The van der Waals surface area contributed by atoms with Gasteiger partial charge in [-0.15, -0.1) is 11.3 Å². The van der Waals surface area contributed by atoms with Gasteiger partial charge in [-0.2, -0.15) is 10.4 Å². The molecule has 4 rings (SSSR count). The van der Waals surface area contributed by atoms with E-state index in [0.717, 1.165) is 43.4 Å². The average Bonchev–Trinajstić information content (AvgIpc) is 3.35. The number of carbonyl (C=O) groups excluding carboxylic acids is 2. The van der Waals surface area contributed by atoms with E-state index in [1.165, 1.54) is 16.2 Å². The van der Waals surface area contributed by atoms with E-state index in [9.17, 15) is 14.9 Å². The van der Waals surface area contributed by atoms with Crippen molar-refractivity contribution >= 4 is 28.2 Å². The molecule has 0 spiro atoms. The Balaban J connectivity index is 1.36. The zero-order valence-electron chi connectivity index (χ0n) is 16.3. The highest BCUT2D eigenvalue weighted by Crippen LogP contribution is 2.36. The molecule has 0 bridgehead atoms. The molecule has 0 atom stereocenters. The van der Waals surface area contributed by atoms with E-state index in [-0.39, 0.29) is 0 Å². The van der Waals surface area contributed by atoms with Crippen molar-refractivity contribution < 1.29 is 14.3 Å². The number of rotatable bonds is 5. The molecule has 152 valence electrons. The first kappa shape index (κ1) is 19.9. The number of ether oxygens (including phenoxy) is 1. The van der Waals surface area contributed by atoms with Gasteiger partial charge < -0.3 is 10.1 Å². The van der Waals surface area contributed by atoms with Gasteiger partial charge in [0.15, 0.2) is 6.61 Å². The monoisotopic (exact) mass is 420 g/mol. The Morgan fingerprint density at radius 3 is 2.73 bits per heavy atom. The lowest BCUT2D eigenvalue weighted by Crippen LogP contribution is -2.21. The van der Waals surface area contributed by atoms with Crippen molar-refractivity contribution in [3.63, 3.8) is 0 Å². The standard InChI is InChI=1S/C22H20N4O3S/c23-13-18-17-5-2-1-3-6-19(17)30-21(18)25-20(27)14-29-22(28)15-7-9-16(10-8-15)26-12-4-11-24-26/h4,7-12H,1-3,5-6,14H2,(H,25,27). The van der Waals surface area contributed by atoms with Gasteiger partial charge in [-0.25, -0.2) is 9.48 Å². The molecule has 30 heavy (non-hydrogen) atoms. The summed E-state index contributed by atoms with van der Waals surface area (Å²) in [5.41, 5.74) is 2.77. The number of nitriles is 1. The van der Waals surface area contributed by atoms with Crippen molar-refractivity contribution in [2.45, 2.75) is 32.1 Å². The molecular weight excluding hydrogens is 400 g/mol. The molecule has 0 saturated carbocycles. The Kier molecular flexibility index (Phi) is 5.91. The van der Waals surface area contributed by atoms with Crippen molar-refractivity contribution in [3.05, 3.63) is 64.3 Å². The summed E-state index contributed by atoms with van der Waals surface area (Å²) in [6.07, 6.45) is 8.60. The Morgan fingerprint density at radius 1 is 1.20 bits per heavy atom. The molecule has 8 heteroatoms. The van der Waals surface area contributed by atoms with Gasteiger partial charge in [0.05, 0.1) is 16.8 Å². The van der Waals surface area contributed by atoms with Gasteiger partial charge in [-0.1, -0.05) is 6.42 Å². The van der Waals surface area contributed by atoms with Gasteiger partial charge in [0, 0.05) is 17.3 Å². The van der Waals surface area contributed by atoms with Crippen LogP contribution in [0.2, 0.25) is 0 Å². The van der Waals surface area contributed by atoms with Crippen LogP contribution in [0.3, 0.4) is 0 Å². The number of aromatic nitrogens is 2. The Hall–Kier alpha value is -3.44. The van der Waals surface area contributed by atoms with Crippen LogP contribution in [0.25, 0.3) is 5.69 Å². The fourth-order valence-corrected chi connectivity index (χ4v) is 4.75. The van der Waals surface area contributed by atoms with E-state index in [1.54, 1.807) is 41.3 Å². The molecule has 0 fully saturated rings. The lowest BCUT2D eigenvalue weighted by Gasteiger charge is -2.07. The number of benzene rings is 1. The third-order valence-corrected chi connectivity index (χ3v) is 6.20. The van der Waals surface area contributed by atoms with Crippen LogP contribution >= 0.6 is 11.3 Å². The molecule has 2 aromatic heterocycles. The topological polar surface area (TPSA) is 97.0 Å². The van der Waals surface area contributed by atoms with Gasteiger partial charge in [0.2, 0.25) is 0 Å². The van der Waals surface area contributed by atoms with Crippen molar-refractivity contribution in [3.8, 4) is 11.8 Å². The van der Waals surface area contributed by atoms with Crippen LogP contribution in [-0.2, 0) is 22.4 Å². The molecule has 2 heterocycles. The SMILES string of the molecule is N#Cc1c(NC(=O)COC(=O)c2ccc(-n3cccn3)cc2)sc2c1CCCCC2. The molecule has 1 aromatic carbocycles. The minimum absolute atomic E-state index is 0.347. The molecule has 1 N–H and O–H groups in total. The van der Waals surface area contributed by atoms with E-state index in [4.69, 9.17) is 4.74 Å². The van der Waals surface area contributed by atoms with Crippen LogP contribution in [-0.4, -0.2) is 28.3 Å². The molecule has 0 radical (unpaired) electrons. The van der Waals surface area contributed by atoms with Crippen LogP contribution in [0.1, 0.15) is 45.6 Å². The zero-order chi connectivity index (χ0) is 20.9. The van der Waals surface area contributed by atoms with Crippen molar-refractivity contribution in [2.24, 2.45) is 0 Å². The summed E-state index contributed by atoms with van der Waals surface area (Å²) in [5.74, 6) is -1.04. The van der Waals surface area contributed by atoms with Crippen molar-refractivity contribution in [2.75, 3.05) is 11.9 Å². The van der Waals surface area contributed by atoms with E-state index >= 15 is 0 Å². The summed E-state index contributed by atoms with van der Waals surface area (Å²) < 4.78 is 6.82. The van der Waals surface area contributed by atoms with E-state index in [1.807, 2.05) is 6.07 Å². The number of carbonyl (C=O) groups is 2. The molecular formula is C22H20N4O3S. The summed E-state index contributed by atoms with van der Waals surface area (Å²) in [6.45, 7) is -0.410. The largest absolute Gasteiger partial charge is 0.452 e. The average molecular weight is 420 g/mol. The first-order valence-corrected chi connectivity index (χ1v) is 10.6. The molecule has 0 unspecified atom stereocenters. The van der Waals surface area contributed by atoms with E-state index in [0.29, 0.717) is 16.1 Å². The predicted octanol–water partition coefficient (Wildman–Crippen LogP) is 3.87. The van der Waals surface area contributed by atoms with Crippen LogP contribution in [0.5, 0.6) is 0 Å². The lowest BCUT2D eigenvalue weighted by atomic mass is 10.1. The van der Waals surface area contributed by atoms with Crippen LogP contribution in [0, 0.1) is 11.3 Å². The maximum Gasteiger partial charge on any atom is 0.338 e. The molecule has 1 aliphatic carbocycles. The second-order valence-corrected chi connectivity index (χ2v) is 8.11. The molecule has 1 amide bonds. The number of hydrogen-bond acceptors (Lipinski definition) is 6. The van der Waals surface area contributed by atoms with Gasteiger partial charge in [0.25, 0.3) is 5.91 Å². The molecule has 7 nitrogen and oxygen atoms in total. The molecule has 1 aliphatic rings. The minimum atomic E-state index is -0.584. The quantitative estimate of drug-likeness (QED) is 0.499. The smallest absolute Gasteiger partial charge is 0.338 e. The molecule has 0 aliphatic heterocycles. The molecule has 0 saturated heterocycles. The van der Waals surface area contributed by atoms with Crippen molar-refractivity contribution in [1.29, 1.82) is 5.26 Å². The highest BCUT2D eigenvalue weighted by atomic mass is 32.1. The number of anilines is 1. The second-order valence-electron chi connectivity index (χ2n) is 7.00. The summed E-state index contributed by atoms with van der Waals surface area (Å²) in [5, 5.41) is 17.0. The Morgan fingerprint density at radius 2 is 2.00 bits per heavy atom. The van der Waals surface area contributed by atoms with Crippen LogP contribution < -0.4 is 5.32 Å². The first-order valence-electron chi connectivity index (χ1n) is 9.77. The van der Waals surface area contributed by atoms with Crippen LogP contribution in [0.15, 0.2) is 42.7 Å². The summed E-state index contributed by atoms with van der Waals surface area (Å²) in [7, 11) is 0. The van der Waals surface area contributed by atoms with Gasteiger partial charge in [-0.3, -0.25) is 4.79 Å². The summed E-state index contributed by atoms with van der Waals surface area (Å²) >= 11 is 1.46. The van der Waals surface area contributed by atoms with Gasteiger partial charge >= 0.3 is 5.97 Å². The van der Waals surface area contributed by atoms with E-state index in [2.05, 4.69) is 16.5 Å². The maximum absolute atomic E-state index is 12.3. The zero-order valence-corrected chi connectivity index (χ0v) is 17.1. The number of thiophene rings is 1. The fourth-order valence-electron chi connectivity index (χ4n) is 3.50. The Bertz CT molecular complexity index is 1090. The minimum Gasteiger partial charge on any atom is -0.452 e. The normalized spacial score (nSPS) is 13.0. The summed E-state index contributed by atoms with van der Waals surface area (Å²) in [4.78, 5) is 25.7. The number of aryl methyl sites for hydroxylation is 1. The third-order valence-electron chi connectivity index (χ3n) is 4.99. The maximum atomic E-state index is 12.3. The first-order chi connectivity index (χ1) is 14.7. The lowest BCUT2D eigenvalue weighted by molar-refractivity contribution is -0.119. The number of nitrogens with one attached hydrogen (secondary N) is 1. The number of fused-ring (bicyclic) bond motifs is 1. The van der Waals surface area contributed by atoms with Gasteiger partial charge in [-0.05, 0) is 61.6 Å².